The van der Waals surface area contributed by atoms with Crippen molar-refractivity contribution in [1.29, 1.82) is 0 Å². The topological polar surface area (TPSA) is 12.0 Å². The van der Waals surface area contributed by atoms with Crippen molar-refractivity contribution in [1.82, 2.24) is 5.32 Å². The molecule has 0 aliphatic heterocycles. The van der Waals surface area contributed by atoms with Gasteiger partial charge in [0.1, 0.15) is 7.85 Å². The molecule has 1 N–H and O–H groups in total. The van der Waals surface area contributed by atoms with E-state index in [2.05, 4.69) is 50.4 Å². The molecule has 0 aromatic heterocycles. The van der Waals surface area contributed by atoms with Crippen LogP contribution in [0.3, 0.4) is 0 Å². The SMILES string of the molecule is BC(CCNCC)c1ccccc1. The number of nitrogens with one attached hydrogen (secondary N) is 1. The van der Waals surface area contributed by atoms with Gasteiger partial charge in [0, 0.05) is 0 Å². The molecular weight excluding hydrogens is 157 g/mol. The van der Waals surface area contributed by atoms with Crippen LogP contribution in [0.2, 0.25) is 0 Å². The molecule has 70 valence electrons. The second-order valence-corrected chi connectivity index (χ2v) is 3.45. The molecule has 0 aliphatic rings. The standard InChI is InChI=1S/C11H18BN/c1-2-13-9-8-11(12)10-6-4-3-5-7-10/h3-7,11,13H,2,8-9,12H2,1H3. The van der Waals surface area contributed by atoms with Crippen LogP contribution in [0.4, 0.5) is 0 Å². The Kier molecular flexibility index (Phi) is 4.62. The Labute approximate surface area is 82.0 Å². The van der Waals surface area contributed by atoms with Crippen molar-refractivity contribution in [2.24, 2.45) is 0 Å². The van der Waals surface area contributed by atoms with Gasteiger partial charge in [-0.25, -0.2) is 0 Å². The second-order valence-electron chi connectivity index (χ2n) is 3.45. The zero-order chi connectivity index (χ0) is 9.52. The van der Waals surface area contributed by atoms with Crippen molar-refractivity contribution in [2.75, 3.05) is 13.1 Å². The maximum atomic E-state index is 3.35. The molecule has 1 aromatic rings. The van der Waals surface area contributed by atoms with Gasteiger partial charge in [0.15, 0.2) is 0 Å². The molecule has 0 saturated heterocycles. The Morgan fingerprint density at radius 2 is 2.00 bits per heavy atom. The predicted octanol–water partition coefficient (Wildman–Crippen LogP) is 1.36. The minimum absolute atomic E-state index is 0.667. The van der Waals surface area contributed by atoms with Crippen LogP contribution >= 0.6 is 0 Å². The molecule has 0 spiro atoms. The lowest BCUT2D eigenvalue weighted by Gasteiger charge is -2.11. The van der Waals surface area contributed by atoms with Gasteiger partial charge in [-0.3, -0.25) is 0 Å². The third-order valence-corrected chi connectivity index (χ3v) is 2.37. The smallest absolute Gasteiger partial charge is 0.111 e. The highest BCUT2D eigenvalue weighted by molar-refractivity contribution is 6.12. The fourth-order valence-electron chi connectivity index (χ4n) is 1.44. The monoisotopic (exact) mass is 175 g/mol. The lowest BCUT2D eigenvalue weighted by atomic mass is 9.79. The molecule has 0 amide bonds. The largest absolute Gasteiger partial charge is 0.317 e. The maximum absolute atomic E-state index is 3.35. The van der Waals surface area contributed by atoms with Gasteiger partial charge >= 0.3 is 0 Å². The van der Waals surface area contributed by atoms with Crippen molar-refractivity contribution in [3.05, 3.63) is 35.9 Å². The Morgan fingerprint density at radius 3 is 2.62 bits per heavy atom. The van der Waals surface area contributed by atoms with Gasteiger partial charge in [0.05, 0.1) is 0 Å². The minimum Gasteiger partial charge on any atom is -0.317 e. The normalized spacial score (nSPS) is 12.7. The maximum Gasteiger partial charge on any atom is 0.111 e. The van der Waals surface area contributed by atoms with E-state index in [1.807, 2.05) is 0 Å². The first-order valence-electron chi connectivity index (χ1n) is 5.10. The molecule has 0 radical (unpaired) electrons. The average molecular weight is 175 g/mol. The van der Waals surface area contributed by atoms with E-state index in [9.17, 15) is 0 Å². The lowest BCUT2D eigenvalue weighted by molar-refractivity contribution is 0.662. The molecule has 2 heteroatoms. The molecule has 0 bridgehead atoms. The Balaban J connectivity index is 2.35. The highest BCUT2D eigenvalue weighted by atomic mass is 14.8. The van der Waals surface area contributed by atoms with Gasteiger partial charge < -0.3 is 5.32 Å². The summed E-state index contributed by atoms with van der Waals surface area (Å²) in [6, 6.07) is 10.7. The summed E-state index contributed by atoms with van der Waals surface area (Å²) in [4.78, 5) is 0. The van der Waals surface area contributed by atoms with E-state index in [0.717, 1.165) is 13.1 Å². The highest BCUT2D eigenvalue weighted by Gasteiger charge is 2.02. The molecule has 0 fully saturated rings. The quantitative estimate of drug-likeness (QED) is 0.526. The van der Waals surface area contributed by atoms with E-state index in [0.29, 0.717) is 5.82 Å². The summed E-state index contributed by atoms with van der Waals surface area (Å²) in [7, 11) is 2.28. The van der Waals surface area contributed by atoms with E-state index >= 15 is 0 Å². The number of hydrogen-bond acceptors (Lipinski definition) is 1. The van der Waals surface area contributed by atoms with Gasteiger partial charge in [-0.05, 0) is 25.3 Å². The third-order valence-electron chi connectivity index (χ3n) is 2.37. The summed E-state index contributed by atoms with van der Waals surface area (Å²) in [6.07, 6.45) is 1.22. The Bertz CT molecular complexity index is 223. The summed E-state index contributed by atoms with van der Waals surface area (Å²) < 4.78 is 0. The molecule has 1 atom stereocenters. The van der Waals surface area contributed by atoms with E-state index in [4.69, 9.17) is 0 Å². The first-order chi connectivity index (χ1) is 6.34. The summed E-state index contributed by atoms with van der Waals surface area (Å²) >= 11 is 0. The number of benzene rings is 1. The first kappa shape index (κ1) is 10.3. The van der Waals surface area contributed by atoms with Crippen molar-refractivity contribution in [2.45, 2.75) is 19.2 Å². The van der Waals surface area contributed by atoms with Crippen molar-refractivity contribution < 1.29 is 0 Å². The molecule has 1 rings (SSSR count). The van der Waals surface area contributed by atoms with Gasteiger partial charge in [0.25, 0.3) is 0 Å². The van der Waals surface area contributed by atoms with Gasteiger partial charge in [-0.15, -0.1) is 0 Å². The van der Waals surface area contributed by atoms with Gasteiger partial charge in [0.2, 0.25) is 0 Å². The van der Waals surface area contributed by atoms with Crippen LogP contribution in [-0.4, -0.2) is 20.9 Å². The third kappa shape index (κ3) is 3.64. The van der Waals surface area contributed by atoms with Gasteiger partial charge in [-0.1, -0.05) is 42.8 Å². The van der Waals surface area contributed by atoms with Crippen molar-refractivity contribution in [3.8, 4) is 0 Å². The van der Waals surface area contributed by atoms with Crippen LogP contribution in [0.1, 0.15) is 24.7 Å². The second kappa shape index (κ2) is 5.82. The summed E-state index contributed by atoms with van der Waals surface area (Å²) in [6.45, 7) is 4.33. The Hall–Kier alpha value is -0.755. The summed E-state index contributed by atoms with van der Waals surface area (Å²) in [5.74, 6) is 0.667. The lowest BCUT2D eigenvalue weighted by Crippen LogP contribution is -2.16. The van der Waals surface area contributed by atoms with Crippen LogP contribution in [0.25, 0.3) is 0 Å². The fraction of sp³-hybridized carbons (Fsp3) is 0.455. The zero-order valence-electron chi connectivity index (χ0n) is 8.59. The first-order valence-corrected chi connectivity index (χ1v) is 5.10. The summed E-state index contributed by atoms with van der Waals surface area (Å²) in [5, 5.41) is 3.35. The predicted molar refractivity (Wildman–Crippen MR) is 60.9 cm³/mol. The minimum atomic E-state index is 0.667. The molecule has 0 heterocycles. The molecule has 13 heavy (non-hydrogen) atoms. The molecule has 1 aromatic carbocycles. The van der Waals surface area contributed by atoms with Crippen LogP contribution in [0.15, 0.2) is 30.3 Å². The van der Waals surface area contributed by atoms with Crippen LogP contribution < -0.4 is 5.32 Å². The number of rotatable bonds is 5. The van der Waals surface area contributed by atoms with Crippen LogP contribution in [0, 0.1) is 0 Å². The zero-order valence-corrected chi connectivity index (χ0v) is 8.59. The van der Waals surface area contributed by atoms with Crippen molar-refractivity contribution in [3.63, 3.8) is 0 Å². The molecule has 1 nitrogen and oxygen atoms in total. The number of hydrogen-bond donors (Lipinski definition) is 1. The molecule has 0 aliphatic carbocycles. The molecule has 0 saturated carbocycles. The van der Waals surface area contributed by atoms with E-state index in [-0.39, 0.29) is 0 Å². The van der Waals surface area contributed by atoms with E-state index in [1.165, 1.54) is 12.0 Å². The van der Waals surface area contributed by atoms with Gasteiger partial charge in [-0.2, -0.15) is 0 Å². The molecular formula is C11H18BN. The molecule has 1 unspecified atom stereocenters. The average Bonchev–Trinajstić information content (AvgIpc) is 2.19. The van der Waals surface area contributed by atoms with Crippen LogP contribution in [-0.2, 0) is 0 Å². The van der Waals surface area contributed by atoms with E-state index < -0.39 is 0 Å². The van der Waals surface area contributed by atoms with Crippen molar-refractivity contribution >= 4 is 7.85 Å². The van der Waals surface area contributed by atoms with E-state index in [1.54, 1.807) is 0 Å². The Morgan fingerprint density at radius 1 is 1.31 bits per heavy atom. The highest BCUT2D eigenvalue weighted by Crippen LogP contribution is 2.14. The summed E-state index contributed by atoms with van der Waals surface area (Å²) in [5.41, 5.74) is 1.44. The fourth-order valence-corrected chi connectivity index (χ4v) is 1.44. The van der Waals surface area contributed by atoms with Crippen LogP contribution in [0.5, 0.6) is 0 Å².